The van der Waals surface area contributed by atoms with E-state index in [-0.39, 0.29) is 11.4 Å². The molecule has 4 rings (SSSR count). The van der Waals surface area contributed by atoms with E-state index in [2.05, 4.69) is 15.6 Å². The third kappa shape index (κ3) is 1.25. The van der Waals surface area contributed by atoms with Gasteiger partial charge in [-0.3, -0.25) is 0 Å². The van der Waals surface area contributed by atoms with E-state index in [1.54, 1.807) is 6.07 Å². The molecule has 0 saturated carbocycles. The molecule has 2 aromatic rings. The predicted molar refractivity (Wildman–Crippen MR) is 69.1 cm³/mol. The second-order valence-corrected chi connectivity index (χ2v) is 5.33. The first-order chi connectivity index (χ1) is 8.80. The van der Waals surface area contributed by atoms with Gasteiger partial charge in [0, 0.05) is 24.2 Å². The van der Waals surface area contributed by atoms with Crippen molar-refractivity contribution in [1.82, 2.24) is 15.6 Å². The summed E-state index contributed by atoms with van der Waals surface area (Å²) in [5.41, 5.74) is 3.14. The first-order valence-electron chi connectivity index (χ1n) is 6.55. The molecule has 2 aliphatic rings. The maximum Gasteiger partial charge on any atom is 0.147 e. The van der Waals surface area contributed by atoms with Crippen LogP contribution in [0.25, 0.3) is 10.9 Å². The molecule has 1 unspecified atom stereocenters. The minimum Gasteiger partial charge on any atom is -0.354 e. The average Bonchev–Trinajstić information content (AvgIpc) is 2.97. The van der Waals surface area contributed by atoms with Crippen molar-refractivity contribution in [3.8, 4) is 0 Å². The lowest BCUT2D eigenvalue weighted by molar-refractivity contribution is 0.339. The Hall–Kier alpha value is -1.39. The molecule has 1 fully saturated rings. The Kier molecular flexibility index (Phi) is 2.08. The molecule has 2 aliphatic heterocycles. The van der Waals surface area contributed by atoms with Crippen molar-refractivity contribution in [1.29, 1.82) is 0 Å². The summed E-state index contributed by atoms with van der Waals surface area (Å²) in [5.74, 6) is -0.150. The van der Waals surface area contributed by atoms with Crippen LogP contribution >= 0.6 is 0 Å². The molecule has 94 valence electrons. The first-order valence-corrected chi connectivity index (χ1v) is 6.55. The van der Waals surface area contributed by atoms with E-state index < -0.39 is 0 Å². The molecule has 18 heavy (non-hydrogen) atoms. The second kappa shape index (κ2) is 3.56. The predicted octanol–water partition coefficient (Wildman–Crippen LogP) is 1.64. The molecule has 1 saturated heterocycles. The maximum atomic E-state index is 13.9. The summed E-state index contributed by atoms with van der Waals surface area (Å²) in [6.45, 7) is 2.91. The van der Waals surface area contributed by atoms with Crippen molar-refractivity contribution in [2.75, 3.05) is 19.6 Å². The van der Waals surface area contributed by atoms with Crippen LogP contribution in [0.2, 0.25) is 0 Å². The zero-order chi connectivity index (χ0) is 12.2. The third-order valence-electron chi connectivity index (χ3n) is 4.36. The number of aromatic amines is 1. The van der Waals surface area contributed by atoms with Gasteiger partial charge in [-0.05, 0) is 31.0 Å². The van der Waals surface area contributed by atoms with E-state index in [4.69, 9.17) is 0 Å². The van der Waals surface area contributed by atoms with Crippen molar-refractivity contribution in [3.05, 3.63) is 35.3 Å². The highest BCUT2D eigenvalue weighted by molar-refractivity contribution is 5.86. The van der Waals surface area contributed by atoms with Gasteiger partial charge in [0.1, 0.15) is 5.82 Å². The SMILES string of the molecule is Fc1cccc2c3c([nH]c12)C1(CCNC1)NCC3. The van der Waals surface area contributed by atoms with Gasteiger partial charge in [0.2, 0.25) is 0 Å². The molecule has 1 aromatic carbocycles. The zero-order valence-electron chi connectivity index (χ0n) is 10.1. The smallest absolute Gasteiger partial charge is 0.147 e. The van der Waals surface area contributed by atoms with Crippen molar-refractivity contribution in [2.24, 2.45) is 0 Å². The van der Waals surface area contributed by atoms with E-state index in [1.165, 1.54) is 17.3 Å². The molecule has 0 bridgehead atoms. The molecule has 1 spiro atoms. The number of H-pyrrole nitrogens is 1. The summed E-state index contributed by atoms with van der Waals surface area (Å²) < 4.78 is 13.9. The number of benzene rings is 1. The fraction of sp³-hybridized carbons (Fsp3) is 0.429. The van der Waals surface area contributed by atoms with Gasteiger partial charge in [0.05, 0.1) is 11.1 Å². The highest BCUT2D eigenvalue weighted by atomic mass is 19.1. The number of fused-ring (bicyclic) bond motifs is 4. The first kappa shape index (κ1) is 10.5. The minimum absolute atomic E-state index is 0.0148. The lowest BCUT2D eigenvalue weighted by Crippen LogP contribution is -2.48. The van der Waals surface area contributed by atoms with Crippen molar-refractivity contribution >= 4 is 10.9 Å². The molecule has 3 N–H and O–H groups in total. The maximum absolute atomic E-state index is 13.9. The topological polar surface area (TPSA) is 39.9 Å². The van der Waals surface area contributed by atoms with Crippen LogP contribution in [0.4, 0.5) is 4.39 Å². The molecule has 3 nitrogen and oxygen atoms in total. The van der Waals surface area contributed by atoms with Crippen LogP contribution in [0.1, 0.15) is 17.7 Å². The van der Waals surface area contributed by atoms with Crippen LogP contribution in [0.15, 0.2) is 18.2 Å². The Bertz CT molecular complexity index is 611. The summed E-state index contributed by atoms with van der Waals surface area (Å²) >= 11 is 0. The molecule has 1 aromatic heterocycles. The fourth-order valence-electron chi connectivity index (χ4n) is 3.48. The van der Waals surface area contributed by atoms with Gasteiger partial charge in [-0.15, -0.1) is 0 Å². The molecule has 4 heteroatoms. The van der Waals surface area contributed by atoms with Gasteiger partial charge >= 0.3 is 0 Å². The number of para-hydroxylation sites is 1. The second-order valence-electron chi connectivity index (χ2n) is 5.33. The minimum atomic E-state index is -0.150. The molecular formula is C14H16FN3. The highest BCUT2D eigenvalue weighted by Gasteiger charge is 2.41. The van der Waals surface area contributed by atoms with Crippen molar-refractivity contribution in [2.45, 2.75) is 18.4 Å². The van der Waals surface area contributed by atoms with Gasteiger partial charge in [0.15, 0.2) is 0 Å². The number of nitrogens with one attached hydrogen (secondary N) is 3. The number of hydrogen-bond donors (Lipinski definition) is 3. The average molecular weight is 245 g/mol. The zero-order valence-corrected chi connectivity index (χ0v) is 10.1. The third-order valence-corrected chi connectivity index (χ3v) is 4.36. The quantitative estimate of drug-likeness (QED) is 0.660. The molecule has 0 amide bonds. The lowest BCUT2D eigenvalue weighted by Gasteiger charge is -2.34. The van der Waals surface area contributed by atoms with Crippen LogP contribution in [-0.4, -0.2) is 24.6 Å². The number of hydrogen-bond acceptors (Lipinski definition) is 2. The van der Waals surface area contributed by atoms with Crippen LogP contribution in [0.3, 0.4) is 0 Å². The Morgan fingerprint density at radius 1 is 1.22 bits per heavy atom. The molecule has 0 radical (unpaired) electrons. The van der Waals surface area contributed by atoms with Gasteiger partial charge in [-0.2, -0.15) is 0 Å². The van der Waals surface area contributed by atoms with Crippen LogP contribution in [-0.2, 0) is 12.0 Å². The molecule has 1 atom stereocenters. The summed E-state index contributed by atoms with van der Waals surface area (Å²) in [5, 5.41) is 8.07. The Labute approximate surface area is 105 Å². The van der Waals surface area contributed by atoms with Crippen molar-refractivity contribution < 1.29 is 4.39 Å². The van der Waals surface area contributed by atoms with Crippen molar-refractivity contribution in [3.63, 3.8) is 0 Å². The molecule has 3 heterocycles. The highest BCUT2D eigenvalue weighted by Crippen LogP contribution is 2.37. The molecular weight excluding hydrogens is 229 g/mol. The molecule has 0 aliphatic carbocycles. The lowest BCUT2D eigenvalue weighted by atomic mass is 9.86. The van der Waals surface area contributed by atoms with E-state index in [1.807, 2.05) is 6.07 Å². The monoisotopic (exact) mass is 245 g/mol. The Morgan fingerprint density at radius 3 is 3.00 bits per heavy atom. The van der Waals surface area contributed by atoms with Gasteiger partial charge in [0.25, 0.3) is 0 Å². The summed E-state index contributed by atoms with van der Waals surface area (Å²) in [6, 6.07) is 5.35. The van der Waals surface area contributed by atoms with E-state index in [0.717, 1.165) is 37.9 Å². The fourth-order valence-corrected chi connectivity index (χ4v) is 3.48. The van der Waals surface area contributed by atoms with E-state index in [9.17, 15) is 4.39 Å². The normalized spacial score (nSPS) is 26.9. The van der Waals surface area contributed by atoms with Crippen LogP contribution < -0.4 is 10.6 Å². The Morgan fingerprint density at radius 2 is 2.17 bits per heavy atom. The number of aromatic nitrogens is 1. The number of rotatable bonds is 0. The standard InChI is InChI=1S/C14H16FN3/c15-11-3-1-2-9-10-4-6-17-14(5-7-16-8-14)13(10)18-12(9)11/h1-3,16-18H,4-8H2. The van der Waals surface area contributed by atoms with Gasteiger partial charge in [-0.1, -0.05) is 12.1 Å². The summed E-state index contributed by atoms with van der Waals surface area (Å²) in [4.78, 5) is 3.34. The van der Waals surface area contributed by atoms with Crippen LogP contribution in [0, 0.1) is 5.82 Å². The van der Waals surface area contributed by atoms with E-state index in [0.29, 0.717) is 5.52 Å². The Balaban J connectivity index is 2.01. The van der Waals surface area contributed by atoms with Gasteiger partial charge in [-0.25, -0.2) is 4.39 Å². The number of halogens is 1. The summed E-state index contributed by atoms with van der Waals surface area (Å²) in [7, 11) is 0. The van der Waals surface area contributed by atoms with Gasteiger partial charge < -0.3 is 15.6 Å². The van der Waals surface area contributed by atoms with Crippen LogP contribution in [0.5, 0.6) is 0 Å². The largest absolute Gasteiger partial charge is 0.354 e. The summed E-state index contributed by atoms with van der Waals surface area (Å²) in [6.07, 6.45) is 2.04. The van der Waals surface area contributed by atoms with E-state index >= 15 is 0 Å².